The lowest BCUT2D eigenvalue weighted by Crippen LogP contribution is -2.47. The van der Waals surface area contributed by atoms with Crippen LogP contribution in [0.15, 0.2) is 42.7 Å². The van der Waals surface area contributed by atoms with Crippen LogP contribution in [0, 0.1) is 0 Å². The molecule has 1 amide bonds. The molecule has 7 heteroatoms. The van der Waals surface area contributed by atoms with Gasteiger partial charge in [0.25, 0.3) is 5.91 Å². The number of hydrogen-bond donors (Lipinski definition) is 2. The summed E-state index contributed by atoms with van der Waals surface area (Å²) in [6.07, 6.45) is 3.97. The van der Waals surface area contributed by atoms with Gasteiger partial charge in [-0.2, -0.15) is 0 Å². The topological polar surface area (TPSA) is 81.6 Å². The van der Waals surface area contributed by atoms with Crippen LogP contribution in [-0.2, 0) is 0 Å². The number of benzene rings is 1. The summed E-state index contributed by atoms with van der Waals surface area (Å²) in [6, 6.07) is 11.3. The molecule has 2 bridgehead atoms. The molecule has 2 saturated heterocycles. The number of para-hydroxylation sites is 1. The summed E-state index contributed by atoms with van der Waals surface area (Å²) in [5, 5.41) is 8.62. The smallest absolute Gasteiger partial charge is 0.277 e. The van der Waals surface area contributed by atoms with Crippen LogP contribution >= 0.6 is 0 Å². The minimum Gasteiger partial charge on any atom is -0.365 e. The minimum atomic E-state index is -0.602. The zero-order valence-electron chi connectivity index (χ0n) is 12.5. The quantitative estimate of drug-likeness (QED) is 0.652. The largest absolute Gasteiger partial charge is 0.365 e. The summed E-state index contributed by atoms with van der Waals surface area (Å²) in [5.41, 5.74) is 3.08. The van der Waals surface area contributed by atoms with Crippen LogP contribution in [0.4, 0.5) is 11.6 Å². The monoisotopic (exact) mass is 311 g/mol. The number of amides is 1. The lowest BCUT2D eigenvalue weighted by Gasteiger charge is -2.35. The summed E-state index contributed by atoms with van der Waals surface area (Å²) in [5.74, 6) is 0.0365. The predicted molar refractivity (Wildman–Crippen MR) is 84.6 cm³/mol. The number of hydroxylamine groups is 1. The molecule has 118 valence electrons. The zero-order valence-corrected chi connectivity index (χ0v) is 12.5. The Bertz CT molecular complexity index is 706. The molecule has 4 rings (SSSR count). The van der Waals surface area contributed by atoms with E-state index in [0.29, 0.717) is 18.0 Å². The average Bonchev–Trinajstić information content (AvgIpc) is 3.22. The SMILES string of the molecule is O=C(NO)c1cnc(N2CC3CC2CN3c2ccccc2)nc1. The van der Waals surface area contributed by atoms with E-state index in [9.17, 15) is 4.79 Å². The molecular formula is C16H17N5O2. The first-order valence-corrected chi connectivity index (χ1v) is 7.61. The van der Waals surface area contributed by atoms with Crippen LogP contribution in [0.3, 0.4) is 0 Å². The Labute approximate surface area is 133 Å². The number of nitrogens with one attached hydrogen (secondary N) is 1. The van der Waals surface area contributed by atoms with Crippen molar-refractivity contribution in [1.29, 1.82) is 0 Å². The van der Waals surface area contributed by atoms with Crippen molar-refractivity contribution in [2.45, 2.75) is 18.5 Å². The summed E-state index contributed by atoms with van der Waals surface area (Å²) < 4.78 is 0. The third-order valence-corrected chi connectivity index (χ3v) is 4.59. The molecule has 2 aliphatic rings. The fraction of sp³-hybridized carbons (Fsp3) is 0.312. The van der Waals surface area contributed by atoms with Gasteiger partial charge in [0.1, 0.15) is 0 Å². The lowest BCUT2D eigenvalue weighted by atomic mass is 10.2. The molecule has 2 atom stereocenters. The van der Waals surface area contributed by atoms with E-state index in [1.807, 2.05) is 6.07 Å². The molecule has 0 aliphatic carbocycles. The van der Waals surface area contributed by atoms with Crippen LogP contribution in [0.25, 0.3) is 0 Å². The standard InChI is InChI=1S/C16H17N5O2/c22-15(19-23)11-7-17-16(18-8-11)21-10-13-6-14(21)9-20(13)12-4-2-1-3-5-12/h1-5,7-8,13-14,23H,6,9-10H2,(H,19,22). The predicted octanol–water partition coefficient (Wildman–Crippen LogP) is 1.06. The van der Waals surface area contributed by atoms with Crippen LogP contribution < -0.4 is 15.3 Å². The highest BCUT2D eigenvalue weighted by Gasteiger charge is 2.44. The van der Waals surface area contributed by atoms with E-state index in [-0.39, 0.29) is 5.56 Å². The summed E-state index contributed by atoms with van der Waals surface area (Å²) in [7, 11) is 0. The van der Waals surface area contributed by atoms with E-state index in [2.05, 4.69) is 44.0 Å². The Morgan fingerprint density at radius 2 is 1.74 bits per heavy atom. The third-order valence-electron chi connectivity index (χ3n) is 4.59. The number of hydrogen-bond acceptors (Lipinski definition) is 6. The molecule has 0 radical (unpaired) electrons. The average molecular weight is 311 g/mol. The van der Waals surface area contributed by atoms with E-state index >= 15 is 0 Å². The molecule has 2 unspecified atom stereocenters. The summed E-state index contributed by atoms with van der Waals surface area (Å²) >= 11 is 0. The first kappa shape index (κ1) is 14.0. The molecule has 0 spiro atoms. The van der Waals surface area contributed by atoms with Gasteiger partial charge in [-0.15, -0.1) is 0 Å². The number of aromatic nitrogens is 2. The lowest BCUT2D eigenvalue weighted by molar-refractivity contribution is 0.0705. The van der Waals surface area contributed by atoms with Crippen molar-refractivity contribution < 1.29 is 10.0 Å². The first-order chi connectivity index (χ1) is 11.3. The van der Waals surface area contributed by atoms with Gasteiger partial charge in [-0.25, -0.2) is 15.4 Å². The number of anilines is 2. The molecule has 2 aromatic rings. The first-order valence-electron chi connectivity index (χ1n) is 7.61. The molecule has 2 fully saturated rings. The van der Waals surface area contributed by atoms with Crippen molar-refractivity contribution in [3.05, 3.63) is 48.3 Å². The maximum Gasteiger partial charge on any atom is 0.277 e. The van der Waals surface area contributed by atoms with Gasteiger partial charge in [-0.05, 0) is 18.6 Å². The highest BCUT2D eigenvalue weighted by molar-refractivity contribution is 5.92. The van der Waals surface area contributed by atoms with Gasteiger partial charge in [0.05, 0.1) is 11.6 Å². The Morgan fingerprint density at radius 3 is 2.35 bits per heavy atom. The van der Waals surface area contributed by atoms with Gasteiger partial charge in [0.2, 0.25) is 5.95 Å². The van der Waals surface area contributed by atoms with Gasteiger partial charge in [-0.3, -0.25) is 10.0 Å². The molecule has 7 nitrogen and oxygen atoms in total. The minimum absolute atomic E-state index is 0.242. The van der Waals surface area contributed by atoms with Crippen molar-refractivity contribution in [2.75, 3.05) is 22.9 Å². The second-order valence-electron chi connectivity index (χ2n) is 5.90. The van der Waals surface area contributed by atoms with Gasteiger partial charge in [0, 0.05) is 37.2 Å². The van der Waals surface area contributed by atoms with Crippen LogP contribution in [-0.4, -0.2) is 46.3 Å². The van der Waals surface area contributed by atoms with Gasteiger partial charge < -0.3 is 9.80 Å². The van der Waals surface area contributed by atoms with Crippen LogP contribution in [0.5, 0.6) is 0 Å². The number of carbonyl (C=O) groups excluding carboxylic acids is 1. The second-order valence-corrected chi connectivity index (χ2v) is 5.90. The second kappa shape index (κ2) is 5.51. The Morgan fingerprint density at radius 1 is 1.09 bits per heavy atom. The summed E-state index contributed by atoms with van der Waals surface area (Å²) in [4.78, 5) is 24.5. The van der Waals surface area contributed by atoms with Crippen LogP contribution in [0.2, 0.25) is 0 Å². The van der Waals surface area contributed by atoms with E-state index in [1.54, 1.807) is 5.48 Å². The fourth-order valence-corrected chi connectivity index (χ4v) is 3.50. The number of piperazine rings is 1. The number of carbonyl (C=O) groups is 1. The maximum atomic E-state index is 11.3. The molecule has 2 aliphatic heterocycles. The van der Waals surface area contributed by atoms with E-state index in [0.717, 1.165) is 19.5 Å². The van der Waals surface area contributed by atoms with Crippen LogP contribution in [0.1, 0.15) is 16.8 Å². The highest BCUT2D eigenvalue weighted by Crippen LogP contribution is 2.35. The normalized spacial score (nSPS) is 22.5. The van der Waals surface area contributed by atoms with E-state index in [1.165, 1.54) is 18.1 Å². The fourth-order valence-electron chi connectivity index (χ4n) is 3.50. The molecular weight excluding hydrogens is 294 g/mol. The Hall–Kier alpha value is -2.67. The maximum absolute atomic E-state index is 11.3. The molecule has 1 aromatic carbocycles. The molecule has 3 heterocycles. The van der Waals surface area contributed by atoms with Crippen molar-refractivity contribution in [3.63, 3.8) is 0 Å². The molecule has 2 N–H and O–H groups in total. The molecule has 1 aromatic heterocycles. The van der Waals surface area contributed by atoms with Gasteiger partial charge >= 0.3 is 0 Å². The van der Waals surface area contributed by atoms with Crippen molar-refractivity contribution in [3.8, 4) is 0 Å². The van der Waals surface area contributed by atoms with Crippen molar-refractivity contribution in [2.24, 2.45) is 0 Å². The van der Waals surface area contributed by atoms with Crippen molar-refractivity contribution >= 4 is 17.5 Å². The van der Waals surface area contributed by atoms with Gasteiger partial charge in [-0.1, -0.05) is 18.2 Å². The number of nitrogens with zero attached hydrogens (tertiary/aromatic N) is 4. The Kier molecular flexibility index (Phi) is 3.34. The van der Waals surface area contributed by atoms with E-state index < -0.39 is 5.91 Å². The Balaban J connectivity index is 1.49. The summed E-state index contributed by atoms with van der Waals surface area (Å²) in [6.45, 7) is 1.84. The van der Waals surface area contributed by atoms with Crippen molar-refractivity contribution in [1.82, 2.24) is 15.4 Å². The number of fused-ring (bicyclic) bond motifs is 2. The van der Waals surface area contributed by atoms with E-state index in [4.69, 9.17) is 5.21 Å². The molecule has 23 heavy (non-hydrogen) atoms. The third kappa shape index (κ3) is 2.39. The molecule has 0 saturated carbocycles. The highest BCUT2D eigenvalue weighted by atomic mass is 16.5. The van der Waals surface area contributed by atoms with Gasteiger partial charge in [0.15, 0.2) is 0 Å². The zero-order chi connectivity index (χ0) is 15.8. The number of rotatable bonds is 3.